The highest BCUT2D eigenvalue weighted by Gasteiger charge is 2.32. The lowest BCUT2D eigenvalue weighted by Gasteiger charge is -2.27. The third kappa shape index (κ3) is 2.93. The van der Waals surface area contributed by atoms with Crippen molar-refractivity contribution >= 4 is 23.5 Å². The summed E-state index contributed by atoms with van der Waals surface area (Å²) in [6.07, 6.45) is 7.16. The minimum absolute atomic E-state index is 0.0269. The molecule has 1 aromatic heterocycles. The minimum Gasteiger partial charge on any atom is -0.476 e. The Labute approximate surface area is 110 Å². The third-order valence-corrected chi connectivity index (χ3v) is 4.84. The van der Waals surface area contributed by atoms with Crippen molar-refractivity contribution in [3.8, 4) is 0 Å². The van der Waals surface area contributed by atoms with Crippen molar-refractivity contribution in [3.63, 3.8) is 0 Å². The Balaban J connectivity index is 1.95. The van der Waals surface area contributed by atoms with Gasteiger partial charge in [0, 0.05) is 11.3 Å². The molecule has 98 valence electrons. The molecule has 1 saturated carbocycles. The normalized spacial score (nSPS) is 17.6. The van der Waals surface area contributed by atoms with Gasteiger partial charge in [-0.25, -0.2) is 4.79 Å². The Hall–Kier alpha value is -1.30. The van der Waals surface area contributed by atoms with E-state index < -0.39 is 5.97 Å². The molecule has 0 unspecified atom stereocenters. The van der Waals surface area contributed by atoms with Gasteiger partial charge in [0.1, 0.15) is 5.82 Å². The fraction of sp³-hybridized carbons (Fsp3) is 0.583. The summed E-state index contributed by atoms with van der Waals surface area (Å²) in [6.45, 7) is 0.856. The first kappa shape index (κ1) is 13.1. The summed E-state index contributed by atoms with van der Waals surface area (Å²) in [5.41, 5.74) is -0.0269. The monoisotopic (exact) mass is 267 g/mol. The zero-order valence-electron chi connectivity index (χ0n) is 10.3. The maximum absolute atomic E-state index is 10.7. The zero-order valence-corrected chi connectivity index (χ0v) is 11.2. The first-order valence-corrected chi connectivity index (χ1v) is 7.24. The van der Waals surface area contributed by atoms with Crippen LogP contribution in [0.2, 0.25) is 0 Å². The summed E-state index contributed by atoms with van der Waals surface area (Å²) in [7, 11) is 0. The fourth-order valence-electron chi connectivity index (χ4n) is 2.26. The van der Waals surface area contributed by atoms with Crippen LogP contribution < -0.4 is 5.32 Å². The number of rotatable bonds is 5. The van der Waals surface area contributed by atoms with Crippen LogP contribution in [0.5, 0.6) is 0 Å². The van der Waals surface area contributed by atoms with Gasteiger partial charge in [0.15, 0.2) is 5.69 Å². The Bertz CT molecular complexity index is 416. The van der Waals surface area contributed by atoms with Crippen molar-refractivity contribution in [1.29, 1.82) is 0 Å². The molecular formula is C12H17N3O2S. The molecule has 0 aromatic carbocycles. The number of anilines is 1. The van der Waals surface area contributed by atoms with Crippen molar-refractivity contribution < 1.29 is 9.90 Å². The van der Waals surface area contributed by atoms with Crippen LogP contribution in [-0.2, 0) is 0 Å². The van der Waals surface area contributed by atoms with Crippen LogP contribution in [-0.4, -0.2) is 38.8 Å². The van der Waals surface area contributed by atoms with Crippen LogP contribution in [0.4, 0.5) is 5.82 Å². The highest BCUT2D eigenvalue weighted by Crippen LogP contribution is 2.40. The van der Waals surface area contributed by atoms with Gasteiger partial charge in [0.2, 0.25) is 0 Å². The molecule has 0 atom stereocenters. The molecule has 0 saturated heterocycles. The lowest BCUT2D eigenvalue weighted by molar-refractivity contribution is 0.0689. The molecule has 0 radical (unpaired) electrons. The second kappa shape index (κ2) is 5.56. The Morgan fingerprint density at radius 2 is 2.17 bits per heavy atom. The number of thioether (sulfide) groups is 1. The van der Waals surface area contributed by atoms with E-state index in [2.05, 4.69) is 21.8 Å². The van der Waals surface area contributed by atoms with E-state index in [1.165, 1.54) is 31.7 Å². The van der Waals surface area contributed by atoms with Crippen molar-refractivity contribution in [2.45, 2.75) is 30.4 Å². The van der Waals surface area contributed by atoms with Gasteiger partial charge in [0.05, 0.1) is 0 Å². The lowest BCUT2D eigenvalue weighted by Crippen LogP contribution is -2.30. The zero-order chi connectivity index (χ0) is 13.0. The Morgan fingerprint density at radius 3 is 2.67 bits per heavy atom. The van der Waals surface area contributed by atoms with E-state index in [-0.39, 0.29) is 5.69 Å². The number of carbonyl (C=O) groups is 1. The van der Waals surface area contributed by atoms with Crippen molar-refractivity contribution in [2.24, 2.45) is 0 Å². The minimum atomic E-state index is -1.05. The molecule has 0 spiro atoms. The second-order valence-corrected chi connectivity index (χ2v) is 5.83. The second-order valence-electron chi connectivity index (χ2n) is 4.56. The van der Waals surface area contributed by atoms with Crippen LogP contribution in [0.3, 0.4) is 0 Å². The Morgan fingerprint density at radius 1 is 1.44 bits per heavy atom. The molecule has 6 heteroatoms. The number of aromatic nitrogens is 2. The van der Waals surface area contributed by atoms with E-state index in [0.29, 0.717) is 10.6 Å². The van der Waals surface area contributed by atoms with Crippen LogP contribution in [0, 0.1) is 0 Å². The van der Waals surface area contributed by atoms with Crippen molar-refractivity contribution in [3.05, 3.63) is 17.8 Å². The molecule has 5 nitrogen and oxygen atoms in total. The third-order valence-electron chi connectivity index (χ3n) is 3.42. The van der Waals surface area contributed by atoms with Gasteiger partial charge in [0.25, 0.3) is 0 Å². The van der Waals surface area contributed by atoms with Gasteiger partial charge in [-0.05, 0) is 31.2 Å². The number of aromatic carboxylic acids is 1. The highest BCUT2D eigenvalue weighted by atomic mass is 32.2. The maximum Gasteiger partial charge on any atom is 0.356 e. The SMILES string of the molecule is CSC1(CNc2ccc(C(=O)O)nn2)CCCC1. The van der Waals surface area contributed by atoms with Crippen LogP contribution >= 0.6 is 11.8 Å². The highest BCUT2D eigenvalue weighted by molar-refractivity contribution is 8.00. The fourth-order valence-corrected chi connectivity index (χ4v) is 3.18. The summed E-state index contributed by atoms with van der Waals surface area (Å²) in [5.74, 6) is -0.411. The molecule has 18 heavy (non-hydrogen) atoms. The molecule has 1 aliphatic rings. The topological polar surface area (TPSA) is 75.1 Å². The molecule has 0 bridgehead atoms. The molecule has 2 rings (SSSR count). The predicted octanol–water partition coefficient (Wildman–Crippen LogP) is 2.26. The number of carboxylic acids is 1. The van der Waals surface area contributed by atoms with Crippen LogP contribution in [0.15, 0.2) is 12.1 Å². The molecule has 1 heterocycles. The molecule has 0 aliphatic heterocycles. The molecule has 1 aromatic rings. The molecule has 2 N–H and O–H groups in total. The number of hydrogen-bond donors (Lipinski definition) is 2. The number of nitrogens with zero attached hydrogens (tertiary/aromatic N) is 2. The smallest absolute Gasteiger partial charge is 0.356 e. The van der Waals surface area contributed by atoms with E-state index in [9.17, 15) is 4.79 Å². The van der Waals surface area contributed by atoms with Gasteiger partial charge < -0.3 is 10.4 Å². The summed E-state index contributed by atoms with van der Waals surface area (Å²) in [4.78, 5) is 10.7. The Kier molecular flexibility index (Phi) is 4.06. The quantitative estimate of drug-likeness (QED) is 0.852. The molecular weight excluding hydrogens is 250 g/mol. The molecule has 0 amide bonds. The summed E-state index contributed by atoms with van der Waals surface area (Å²) < 4.78 is 0.299. The van der Waals surface area contributed by atoms with Gasteiger partial charge in [-0.1, -0.05) is 12.8 Å². The number of carboxylic acid groups (broad SMARTS) is 1. The van der Waals surface area contributed by atoms with Crippen LogP contribution in [0.25, 0.3) is 0 Å². The first-order valence-electron chi connectivity index (χ1n) is 6.01. The summed E-state index contributed by atoms with van der Waals surface area (Å²) in [5, 5.41) is 19.5. The summed E-state index contributed by atoms with van der Waals surface area (Å²) in [6, 6.07) is 3.14. The van der Waals surface area contributed by atoms with E-state index in [4.69, 9.17) is 5.11 Å². The molecule has 1 fully saturated rings. The van der Waals surface area contributed by atoms with E-state index >= 15 is 0 Å². The van der Waals surface area contributed by atoms with Gasteiger partial charge in [-0.2, -0.15) is 11.8 Å². The van der Waals surface area contributed by atoms with Crippen molar-refractivity contribution in [1.82, 2.24) is 10.2 Å². The largest absolute Gasteiger partial charge is 0.476 e. The standard InChI is InChI=1S/C12H17N3O2S/c1-18-12(6-2-3-7-12)8-13-10-5-4-9(11(16)17)14-15-10/h4-5H,2-3,6-8H2,1H3,(H,13,15)(H,16,17). The predicted molar refractivity (Wildman–Crippen MR) is 72.2 cm³/mol. The maximum atomic E-state index is 10.7. The van der Waals surface area contributed by atoms with E-state index in [0.717, 1.165) is 6.54 Å². The van der Waals surface area contributed by atoms with Gasteiger partial charge in [-0.15, -0.1) is 10.2 Å². The van der Waals surface area contributed by atoms with Gasteiger partial charge >= 0.3 is 5.97 Å². The van der Waals surface area contributed by atoms with Crippen LogP contribution in [0.1, 0.15) is 36.2 Å². The van der Waals surface area contributed by atoms with Crippen molar-refractivity contribution in [2.75, 3.05) is 18.1 Å². The average Bonchev–Trinajstić information content (AvgIpc) is 2.86. The van der Waals surface area contributed by atoms with E-state index in [1.54, 1.807) is 6.07 Å². The van der Waals surface area contributed by atoms with E-state index in [1.807, 2.05) is 11.8 Å². The first-order chi connectivity index (χ1) is 8.65. The van der Waals surface area contributed by atoms with Gasteiger partial charge in [-0.3, -0.25) is 0 Å². The average molecular weight is 267 g/mol. The lowest BCUT2D eigenvalue weighted by atomic mass is 10.1. The summed E-state index contributed by atoms with van der Waals surface area (Å²) >= 11 is 1.90. The number of hydrogen-bond acceptors (Lipinski definition) is 5. The number of nitrogens with one attached hydrogen (secondary N) is 1. The molecule has 1 aliphatic carbocycles.